The van der Waals surface area contributed by atoms with Gasteiger partial charge in [0.05, 0.1) is 0 Å². The molecule has 0 bridgehead atoms. The van der Waals surface area contributed by atoms with E-state index in [-0.39, 0.29) is 10.2 Å². The highest BCUT2D eigenvalue weighted by Crippen LogP contribution is 2.26. The Bertz CT molecular complexity index is 1160. The minimum Gasteiger partial charge on any atom is -0.490 e. The zero-order valence-corrected chi connectivity index (χ0v) is 20.0. The Labute approximate surface area is 203 Å². The van der Waals surface area contributed by atoms with Crippen molar-refractivity contribution in [3.8, 4) is 16.9 Å². The summed E-state index contributed by atoms with van der Waals surface area (Å²) in [5, 5.41) is -0.0948. The van der Waals surface area contributed by atoms with Gasteiger partial charge >= 0.3 is 0 Å². The molecule has 3 nitrogen and oxygen atoms in total. The standard InChI is InChI=1S/C28H24O3S2/c1-4-27(29)32-25-17-13-24(14-18-25)31-19-5-6-21-7-9-22(10-8-21)23-11-15-26(16-12-23)33-28(30)20(2)3/h4-18H,1-2,19H2,3H3. The summed E-state index contributed by atoms with van der Waals surface area (Å²) in [7, 11) is 0. The first-order chi connectivity index (χ1) is 15.9. The van der Waals surface area contributed by atoms with Crippen LogP contribution in [-0.2, 0) is 9.59 Å². The van der Waals surface area contributed by atoms with Gasteiger partial charge in [0.25, 0.3) is 0 Å². The molecule has 3 aromatic carbocycles. The van der Waals surface area contributed by atoms with E-state index in [9.17, 15) is 9.59 Å². The highest BCUT2D eigenvalue weighted by molar-refractivity contribution is 8.14. The van der Waals surface area contributed by atoms with Gasteiger partial charge in [-0.2, -0.15) is 0 Å². The van der Waals surface area contributed by atoms with Gasteiger partial charge in [0.15, 0.2) is 0 Å². The van der Waals surface area contributed by atoms with Crippen LogP contribution in [0, 0.1) is 0 Å². The third-order valence-corrected chi connectivity index (χ3v) is 6.44. The molecule has 0 aromatic heterocycles. The Morgan fingerprint density at radius 1 is 0.848 bits per heavy atom. The van der Waals surface area contributed by atoms with Crippen molar-refractivity contribution < 1.29 is 14.3 Å². The summed E-state index contributed by atoms with van der Waals surface area (Å²) in [6.07, 6.45) is 5.28. The van der Waals surface area contributed by atoms with E-state index in [1.54, 1.807) is 6.92 Å². The average Bonchev–Trinajstić information content (AvgIpc) is 2.83. The van der Waals surface area contributed by atoms with Crippen molar-refractivity contribution in [2.24, 2.45) is 0 Å². The molecule has 0 radical (unpaired) electrons. The predicted octanol–water partition coefficient (Wildman–Crippen LogP) is 7.45. The van der Waals surface area contributed by atoms with Crippen molar-refractivity contribution in [1.82, 2.24) is 0 Å². The summed E-state index contributed by atoms with van der Waals surface area (Å²) in [5.74, 6) is 0.747. The molecule has 166 valence electrons. The molecule has 3 aromatic rings. The molecule has 0 unspecified atom stereocenters. The lowest BCUT2D eigenvalue weighted by molar-refractivity contribution is -0.108. The first kappa shape index (κ1) is 24.4. The Morgan fingerprint density at radius 2 is 1.39 bits per heavy atom. The Balaban J connectivity index is 1.51. The van der Waals surface area contributed by atoms with Crippen LogP contribution in [0.2, 0.25) is 0 Å². The lowest BCUT2D eigenvalue weighted by Crippen LogP contribution is -1.93. The zero-order valence-electron chi connectivity index (χ0n) is 18.3. The van der Waals surface area contributed by atoms with Crippen molar-refractivity contribution in [3.05, 3.63) is 109 Å². The molecular formula is C28H24O3S2. The molecule has 0 spiro atoms. The van der Waals surface area contributed by atoms with Gasteiger partial charge in [-0.15, -0.1) is 0 Å². The van der Waals surface area contributed by atoms with Gasteiger partial charge in [-0.25, -0.2) is 0 Å². The van der Waals surface area contributed by atoms with E-state index < -0.39 is 0 Å². The highest BCUT2D eigenvalue weighted by atomic mass is 32.2. The number of hydrogen-bond acceptors (Lipinski definition) is 5. The highest BCUT2D eigenvalue weighted by Gasteiger charge is 2.06. The first-order valence-corrected chi connectivity index (χ1v) is 11.9. The lowest BCUT2D eigenvalue weighted by atomic mass is 10.0. The molecule has 0 aliphatic heterocycles. The number of carbonyl (C=O) groups is 2. The molecule has 0 saturated carbocycles. The van der Waals surface area contributed by atoms with Crippen LogP contribution in [0.15, 0.2) is 113 Å². The van der Waals surface area contributed by atoms with Crippen LogP contribution in [0.5, 0.6) is 5.75 Å². The van der Waals surface area contributed by atoms with Crippen molar-refractivity contribution in [2.75, 3.05) is 6.61 Å². The van der Waals surface area contributed by atoms with E-state index in [4.69, 9.17) is 4.74 Å². The molecule has 0 atom stereocenters. The number of ether oxygens (including phenoxy) is 1. The van der Waals surface area contributed by atoms with Gasteiger partial charge in [-0.1, -0.05) is 55.6 Å². The Hall–Kier alpha value is -3.28. The maximum absolute atomic E-state index is 11.8. The van der Waals surface area contributed by atoms with Crippen LogP contribution < -0.4 is 4.74 Å². The van der Waals surface area contributed by atoms with E-state index in [2.05, 4.69) is 37.4 Å². The molecule has 0 aliphatic carbocycles. The Morgan fingerprint density at radius 3 is 1.97 bits per heavy atom. The van der Waals surface area contributed by atoms with Crippen LogP contribution >= 0.6 is 23.5 Å². The summed E-state index contributed by atoms with van der Waals surface area (Å²) in [4.78, 5) is 24.9. The SMILES string of the molecule is C=CC(=O)Sc1ccc(OCC=Cc2ccc(-c3ccc(SC(=O)C(=C)C)cc3)cc2)cc1. The minimum atomic E-state index is -0.0799. The van der Waals surface area contributed by atoms with Gasteiger partial charge in [-0.05, 0) is 101 Å². The minimum absolute atomic E-state index is 0.0149. The largest absolute Gasteiger partial charge is 0.490 e. The molecular weight excluding hydrogens is 448 g/mol. The summed E-state index contributed by atoms with van der Waals surface area (Å²) < 4.78 is 5.73. The number of hydrogen-bond donors (Lipinski definition) is 0. The topological polar surface area (TPSA) is 43.4 Å². The smallest absolute Gasteiger partial charge is 0.219 e. The molecule has 3 rings (SSSR count). The first-order valence-electron chi connectivity index (χ1n) is 10.3. The van der Waals surface area contributed by atoms with E-state index in [1.165, 1.54) is 17.8 Å². The third-order valence-electron chi connectivity index (χ3n) is 4.52. The molecule has 33 heavy (non-hydrogen) atoms. The second kappa shape index (κ2) is 12.1. The molecule has 5 heteroatoms. The van der Waals surface area contributed by atoms with Gasteiger partial charge in [0.1, 0.15) is 12.4 Å². The van der Waals surface area contributed by atoms with Gasteiger partial charge in [0.2, 0.25) is 10.2 Å². The zero-order chi connectivity index (χ0) is 23.6. The monoisotopic (exact) mass is 472 g/mol. The fourth-order valence-electron chi connectivity index (χ4n) is 2.79. The van der Waals surface area contributed by atoms with Crippen LogP contribution in [-0.4, -0.2) is 16.8 Å². The summed E-state index contributed by atoms with van der Waals surface area (Å²) in [6, 6.07) is 23.6. The summed E-state index contributed by atoms with van der Waals surface area (Å²) >= 11 is 2.33. The lowest BCUT2D eigenvalue weighted by Gasteiger charge is -2.05. The van der Waals surface area contributed by atoms with Crippen LogP contribution in [0.3, 0.4) is 0 Å². The number of carbonyl (C=O) groups excluding carboxylic acids is 2. The molecule has 0 amide bonds. The number of thioether (sulfide) groups is 2. The van der Waals surface area contributed by atoms with E-state index in [0.29, 0.717) is 12.2 Å². The van der Waals surface area contributed by atoms with E-state index in [0.717, 1.165) is 44.0 Å². The second-order valence-electron chi connectivity index (χ2n) is 7.13. The molecule has 0 fully saturated rings. The second-order valence-corrected chi connectivity index (χ2v) is 9.25. The number of benzene rings is 3. The maximum Gasteiger partial charge on any atom is 0.219 e. The molecule has 0 N–H and O–H groups in total. The molecule has 0 aliphatic rings. The van der Waals surface area contributed by atoms with E-state index in [1.807, 2.05) is 60.7 Å². The van der Waals surface area contributed by atoms with E-state index >= 15 is 0 Å². The predicted molar refractivity (Wildman–Crippen MR) is 140 cm³/mol. The van der Waals surface area contributed by atoms with Crippen LogP contribution in [0.25, 0.3) is 17.2 Å². The average molecular weight is 473 g/mol. The van der Waals surface area contributed by atoms with Crippen molar-refractivity contribution in [3.63, 3.8) is 0 Å². The molecule has 0 heterocycles. The maximum atomic E-state index is 11.8. The van der Waals surface area contributed by atoms with Crippen molar-refractivity contribution >= 4 is 39.8 Å². The summed E-state index contributed by atoms with van der Waals surface area (Å²) in [6.45, 7) is 9.32. The van der Waals surface area contributed by atoms with Gasteiger partial charge < -0.3 is 4.74 Å². The summed E-state index contributed by atoms with van der Waals surface area (Å²) in [5.41, 5.74) is 3.83. The fourth-order valence-corrected chi connectivity index (χ4v) is 4.03. The quantitative estimate of drug-likeness (QED) is 0.239. The van der Waals surface area contributed by atoms with Crippen molar-refractivity contribution in [2.45, 2.75) is 16.7 Å². The van der Waals surface area contributed by atoms with Crippen LogP contribution in [0.4, 0.5) is 0 Å². The molecule has 0 saturated heterocycles. The number of rotatable bonds is 9. The normalized spacial score (nSPS) is 10.7. The third kappa shape index (κ3) is 7.67. The fraction of sp³-hybridized carbons (Fsp3) is 0.0714. The van der Waals surface area contributed by atoms with Crippen molar-refractivity contribution in [1.29, 1.82) is 0 Å². The Kier molecular flexibility index (Phi) is 8.93. The van der Waals surface area contributed by atoms with Gasteiger partial charge in [-0.3, -0.25) is 9.59 Å². The van der Waals surface area contributed by atoms with Gasteiger partial charge in [0, 0.05) is 9.79 Å². The van der Waals surface area contributed by atoms with Crippen LogP contribution in [0.1, 0.15) is 12.5 Å².